The molecule has 1 N–H and O–H groups in total. The van der Waals surface area contributed by atoms with Crippen molar-refractivity contribution in [1.29, 1.82) is 0 Å². The summed E-state index contributed by atoms with van der Waals surface area (Å²) in [5.41, 5.74) is 1.70. The quantitative estimate of drug-likeness (QED) is 0.899. The number of hydrogen-bond acceptors (Lipinski definition) is 4. The van der Waals surface area contributed by atoms with Gasteiger partial charge in [-0.2, -0.15) is 0 Å². The van der Waals surface area contributed by atoms with Gasteiger partial charge >= 0.3 is 0 Å². The van der Waals surface area contributed by atoms with Gasteiger partial charge in [0.2, 0.25) is 10.0 Å². The number of hydrogen-bond donors (Lipinski definition) is 1. The summed E-state index contributed by atoms with van der Waals surface area (Å²) in [5, 5.41) is 0. The maximum absolute atomic E-state index is 12.8. The van der Waals surface area contributed by atoms with Gasteiger partial charge in [0.25, 0.3) is 5.91 Å². The Balaban J connectivity index is 2.43. The van der Waals surface area contributed by atoms with Gasteiger partial charge in [0.1, 0.15) is 5.76 Å². The number of carbonyl (C=O) groups excluding carboxylic acids is 1. The summed E-state index contributed by atoms with van der Waals surface area (Å²) in [6.45, 7) is 5.36. The Morgan fingerprint density at radius 2 is 1.96 bits per heavy atom. The van der Waals surface area contributed by atoms with Gasteiger partial charge in [0.15, 0.2) is 0 Å². The van der Waals surface area contributed by atoms with Crippen LogP contribution in [0.2, 0.25) is 0 Å². The molecule has 1 aromatic heterocycles. The number of nitrogens with one attached hydrogen (secondary N) is 1. The summed E-state index contributed by atoms with van der Waals surface area (Å²) >= 11 is 0. The molecule has 24 heavy (non-hydrogen) atoms. The van der Waals surface area contributed by atoms with Crippen LogP contribution < -0.4 is 4.72 Å². The summed E-state index contributed by atoms with van der Waals surface area (Å²) in [6, 6.07) is 6.42. The highest BCUT2D eigenvalue weighted by Crippen LogP contribution is 2.25. The lowest BCUT2D eigenvalue weighted by molar-refractivity contribution is 0.0726. The van der Waals surface area contributed by atoms with Crippen LogP contribution in [0.15, 0.2) is 39.8 Å². The van der Waals surface area contributed by atoms with Crippen LogP contribution in [0.25, 0.3) is 0 Å². The second kappa shape index (κ2) is 6.78. The monoisotopic (exact) mass is 350 g/mol. The third kappa shape index (κ3) is 3.37. The van der Waals surface area contributed by atoms with Gasteiger partial charge in [0.05, 0.1) is 17.2 Å². The Labute approximate surface area is 142 Å². The average Bonchev–Trinajstić information content (AvgIpc) is 3.09. The van der Waals surface area contributed by atoms with Crippen molar-refractivity contribution in [3.63, 3.8) is 0 Å². The largest absolute Gasteiger partial charge is 0.467 e. The lowest BCUT2D eigenvalue weighted by Crippen LogP contribution is -2.30. The molecule has 0 aliphatic carbocycles. The molecule has 2 aromatic rings. The van der Waals surface area contributed by atoms with E-state index in [1.54, 1.807) is 45.4 Å². The van der Waals surface area contributed by atoms with Gasteiger partial charge in [-0.3, -0.25) is 4.79 Å². The molecule has 1 unspecified atom stereocenters. The lowest BCUT2D eigenvalue weighted by Gasteiger charge is -2.24. The van der Waals surface area contributed by atoms with Crippen molar-refractivity contribution < 1.29 is 17.6 Å². The van der Waals surface area contributed by atoms with E-state index in [9.17, 15) is 13.2 Å². The van der Waals surface area contributed by atoms with E-state index in [0.717, 1.165) is 5.56 Å². The molecule has 7 heteroatoms. The standard InChI is InChI=1S/C17H22N2O4S/c1-11-9-14(10-16(12(11)2)24(21,22)18-4)17(20)19(5)13(3)15-7-6-8-23-15/h6-10,13,18H,1-5H3. The van der Waals surface area contributed by atoms with Gasteiger partial charge < -0.3 is 9.32 Å². The van der Waals surface area contributed by atoms with Gasteiger partial charge in [0, 0.05) is 12.6 Å². The molecular weight excluding hydrogens is 328 g/mol. The molecule has 0 radical (unpaired) electrons. The van der Waals surface area contributed by atoms with Crippen LogP contribution in [0.4, 0.5) is 0 Å². The molecule has 0 spiro atoms. The Kier molecular flexibility index (Phi) is 5.15. The molecule has 0 aliphatic rings. The van der Waals surface area contributed by atoms with E-state index < -0.39 is 10.0 Å². The van der Waals surface area contributed by atoms with E-state index in [4.69, 9.17) is 4.42 Å². The van der Waals surface area contributed by atoms with Crippen molar-refractivity contribution in [2.45, 2.75) is 31.7 Å². The van der Waals surface area contributed by atoms with Gasteiger partial charge in [-0.05, 0) is 63.2 Å². The molecule has 0 saturated carbocycles. The zero-order valence-corrected chi connectivity index (χ0v) is 15.3. The molecule has 1 aromatic carbocycles. The van der Waals surface area contributed by atoms with Crippen LogP contribution in [-0.2, 0) is 10.0 Å². The summed E-state index contributed by atoms with van der Waals surface area (Å²) in [7, 11) is -0.621. The van der Waals surface area contributed by atoms with E-state index in [1.807, 2.05) is 6.92 Å². The molecule has 0 bridgehead atoms. The first-order valence-corrected chi connectivity index (χ1v) is 9.02. The highest BCUT2D eigenvalue weighted by Gasteiger charge is 2.24. The summed E-state index contributed by atoms with van der Waals surface area (Å²) in [4.78, 5) is 14.4. The predicted molar refractivity (Wildman–Crippen MR) is 91.4 cm³/mol. The fraction of sp³-hybridized carbons (Fsp3) is 0.353. The normalized spacial score (nSPS) is 12.9. The van der Waals surface area contributed by atoms with E-state index in [-0.39, 0.29) is 16.8 Å². The van der Waals surface area contributed by atoms with Crippen LogP contribution in [0.5, 0.6) is 0 Å². The highest BCUT2D eigenvalue weighted by atomic mass is 32.2. The minimum Gasteiger partial charge on any atom is -0.467 e. The van der Waals surface area contributed by atoms with Crippen LogP contribution in [-0.4, -0.2) is 33.3 Å². The maximum atomic E-state index is 12.8. The Hall–Kier alpha value is -2.12. The minimum atomic E-state index is -3.64. The number of amides is 1. The first-order valence-electron chi connectivity index (χ1n) is 7.54. The van der Waals surface area contributed by atoms with Crippen molar-refractivity contribution >= 4 is 15.9 Å². The second-order valence-electron chi connectivity index (χ2n) is 5.73. The number of rotatable bonds is 5. The van der Waals surface area contributed by atoms with Crippen molar-refractivity contribution in [2.75, 3.05) is 14.1 Å². The minimum absolute atomic E-state index is 0.118. The van der Waals surface area contributed by atoms with Crippen molar-refractivity contribution in [3.8, 4) is 0 Å². The summed E-state index contributed by atoms with van der Waals surface area (Å²) in [6.07, 6.45) is 1.55. The van der Waals surface area contributed by atoms with Crippen LogP contribution in [0.3, 0.4) is 0 Å². The second-order valence-corrected chi connectivity index (χ2v) is 7.59. The molecular formula is C17H22N2O4S. The Morgan fingerprint density at radius 1 is 1.29 bits per heavy atom. The van der Waals surface area contributed by atoms with Crippen LogP contribution >= 0.6 is 0 Å². The predicted octanol–water partition coefficient (Wildman–Crippen LogP) is 2.64. The third-order valence-corrected chi connectivity index (χ3v) is 5.82. The summed E-state index contributed by atoms with van der Waals surface area (Å²) < 4.78 is 32.0. The van der Waals surface area contributed by atoms with Crippen molar-refractivity contribution in [2.24, 2.45) is 0 Å². The Morgan fingerprint density at radius 3 is 2.50 bits per heavy atom. The maximum Gasteiger partial charge on any atom is 0.254 e. The number of nitrogens with zero attached hydrogens (tertiary/aromatic N) is 1. The van der Waals surface area contributed by atoms with Gasteiger partial charge in [-0.25, -0.2) is 13.1 Å². The first kappa shape index (κ1) is 18.2. The fourth-order valence-electron chi connectivity index (χ4n) is 2.44. The number of aryl methyl sites for hydroxylation is 1. The molecule has 2 rings (SSSR count). The van der Waals surface area contributed by atoms with E-state index in [2.05, 4.69) is 4.72 Å². The van der Waals surface area contributed by atoms with Crippen molar-refractivity contribution in [3.05, 3.63) is 53.0 Å². The number of sulfonamides is 1. The SMILES string of the molecule is CNS(=O)(=O)c1cc(C(=O)N(C)C(C)c2ccco2)cc(C)c1C. The van der Waals surface area contributed by atoms with Gasteiger partial charge in [-0.1, -0.05) is 0 Å². The average molecular weight is 350 g/mol. The fourth-order valence-corrected chi connectivity index (χ4v) is 3.51. The highest BCUT2D eigenvalue weighted by molar-refractivity contribution is 7.89. The number of furan rings is 1. The van der Waals surface area contributed by atoms with Crippen LogP contribution in [0.1, 0.15) is 40.2 Å². The van der Waals surface area contributed by atoms with E-state index >= 15 is 0 Å². The first-order chi connectivity index (χ1) is 11.2. The van der Waals surface area contributed by atoms with Gasteiger partial charge in [-0.15, -0.1) is 0 Å². The molecule has 6 nitrogen and oxygen atoms in total. The van der Waals surface area contributed by atoms with Crippen LogP contribution in [0, 0.1) is 13.8 Å². The third-order valence-electron chi connectivity index (χ3n) is 4.28. The number of benzene rings is 1. The molecule has 0 aliphatic heterocycles. The summed E-state index contributed by atoms with van der Waals surface area (Å²) in [5.74, 6) is 0.396. The Bertz CT molecular complexity index is 842. The molecule has 0 fully saturated rings. The molecule has 1 atom stereocenters. The zero-order chi connectivity index (χ0) is 18.1. The smallest absolute Gasteiger partial charge is 0.254 e. The lowest BCUT2D eigenvalue weighted by atomic mass is 10.0. The topological polar surface area (TPSA) is 79.6 Å². The zero-order valence-electron chi connectivity index (χ0n) is 14.5. The molecule has 130 valence electrons. The molecule has 0 saturated heterocycles. The van der Waals surface area contributed by atoms with E-state index in [1.165, 1.54) is 18.0 Å². The molecule has 1 amide bonds. The molecule has 1 heterocycles. The number of carbonyl (C=O) groups is 1. The van der Waals surface area contributed by atoms with E-state index in [0.29, 0.717) is 16.9 Å². The van der Waals surface area contributed by atoms with Crippen molar-refractivity contribution in [1.82, 2.24) is 9.62 Å².